The Morgan fingerprint density at radius 1 is 1.42 bits per heavy atom. The maximum absolute atomic E-state index is 12.5. The van der Waals surface area contributed by atoms with E-state index >= 15 is 0 Å². The second kappa shape index (κ2) is 5.55. The Labute approximate surface area is 71.9 Å². The minimum Gasteiger partial charge on any atom is -0.494 e. The molecule has 0 fully saturated rings. The smallest absolute Gasteiger partial charge is 0.126 e. The van der Waals surface area contributed by atoms with Crippen molar-refractivity contribution in [1.29, 1.82) is 0 Å². The minimum atomic E-state index is -0.251. The van der Waals surface area contributed by atoms with Crippen LogP contribution in [0.3, 0.4) is 0 Å². The first kappa shape index (κ1) is 10.9. The molecule has 2 nitrogen and oxygen atoms in total. The summed E-state index contributed by atoms with van der Waals surface area (Å²) < 4.78 is 17.7. The molecule has 0 heterocycles. The predicted molar refractivity (Wildman–Crippen MR) is 47.2 cm³/mol. The summed E-state index contributed by atoms with van der Waals surface area (Å²) in [6.45, 7) is 2.66. The van der Waals surface area contributed by atoms with E-state index in [9.17, 15) is 4.39 Å². The highest BCUT2D eigenvalue weighted by atomic mass is 19.1. The molecular weight excluding hydrogens is 157 g/mol. The van der Waals surface area contributed by atoms with Crippen molar-refractivity contribution in [3.05, 3.63) is 30.1 Å². The van der Waals surface area contributed by atoms with Crippen LogP contribution >= 0.6 is 0 Å². The maximum Gasteiger partial charge on any atom is 0.126 e. The third kappa shape index (κ3) is 3.34. The van der Waals surface area contributed by atoms with Crippen LogP contribution in [0.15, 0.2) is 24.3 Å². The molecule has 1 aromatic rings. The van der Waals surface area contributed by atoms with Gasteiger partial charge in [0.2, 0.25) is 0 Å². The zero-order valence-corrected chi connectivity index (χ0v) is 7.22. The number of hydrogen-bond acceptors (Lipinski definition) is 2. The molecule has 1 aromatic carbocycles. The lowest BCUT2D eigenvalue weighted by Gasteiger charge is -2.02. The van der Waals surface area contributed by atoms with Gasteiger partial charge in [-0.3, -0.25) is 0 Å². The lowest BCUT2D eigenvalue weighted by molar-refractivity contribution is 0.316. The number of hydrogen-bond donors (Lipinski definition) is 1. The van der Waals surface area contributed by atoms with Crippen molar-refractivity contribution in [1.82, 2.24) is 6.15 Å². The molecule has 0 bridgehead atoms. The van der Waals surface area contributed by atoms with E-state index in [0.717, 1.165) is 6.42 Å². The van der Waals surface area contributed by atoms with E-state index in [1.54, 1.807) is 12.1 Å². The molecule has 0 unspecified atom stereocenters. The summed E-state index contributed by atoms with van der Waals surface area (Å²) in [5, 5.41) is 0. The zero-order chi connectivity index (χ0) is 8.10. The van der Waals surface area contributed by atoms with Gasteiger partial charge in [0.15, 0.2) is 0 Å². The van der Waals surface area contributed by atoms with Crippen molar-refractivity contribution < 1.29 is 9.13 Å². The van der Waals surface area contributed by atoms with Gasteiger partial charge in [0.1, 0.15) is 11.6 Å². The monoisotopic (exact) mass is 171 g/mol. The van der Waals surface area contributed by atoms with Crippen LogP contribution in [0.1, 0.15) is 13.3 Å². The fraction of sp³-hybridized carbons (Fsp3) is 0.333. The number of rotatable bonds is 3. The van der Waals surface area contributed by atoms with E-state index in [0.29, 0.717) is 12.4 Å². The van der Waals surface area contributed by atoms with E-state index in [-0.39, 0.29) is 12.0 Å². The summed E-state index contributed by atoms with van der Waals surface area (Å²) in [5.41, 5.74) is 0. The molecule has 3 N–H and O–H groups in total. The van der Waals surface area contributed by atoms with E-state index in [1.165, 1.54) is 12.1 Å². The van der Waals surface area contributed by atoms with Crippen molar-refractivity contribution in [2.45, 2.75) is 13.3 Å². The average Bonchev–Trinajstić information content (AvgIpc) is 2.01. The summed E-state index contributed by atoms with van der Waals surface area (Å²) in [6, 6.07) is 6.17. The number of halogens is 1. The van der Waals surface area contributed by atoms with Crippen LogP contribution in [0.4, 0.5) is 4.39 Å². The molecule has 0 saturated carbocycles. The summed E-state index contributed by atoms with van der Waals surface area (Å²) in [5.74, 6) is 0.352. The van der Waals surface area contributed by atoms with Crippen molar-refractivity contribution in [2.24, 2.45) is 0 Å². The van der Waals surface area contributed by atoms with Crippen LogP contribution in [0.25, 0.3) is 0 Å². The Bertz CT molecular complexity index is 228. The van der Waals surface area contributed by atoms with Crippen LogP contribution in [0.2, 0.25) is 0 Å². The van der Waals surface area contributed by atoms with E-state index in [1.807, 2.05) is 6.92 Å². The first-order valence-electron chi connectivity index (χ1n) is 3.71. The molecule has 1 rings (SSSR count). The van der Waals surface area contributed by atoms with Crippen molar-refractivity contribution in [2.75, 3.05) is 6.61 Å². The minimum absolute atomic E-state index is 0. The van der Waals surface area contributed by atoms with Crippen molar-refractivity contribution >= 4 is 0 Å². The Morgan fingerprint density at radius 3 is 2.75 bits per heavy atom. The van der Waals surface area contributed by atoms with Gasteiger partial charge >= 0.3 is 0 Å². The van der Waals surface area contributed by atoms with E-state index in [4.69, 9.17) is 4.74 Å². The second-order valence-electron chi connectivity index (χ2n) is 2.31. The standard InChI is InChI=1S/C9H11FO.H3N/c1-2-6-11-9-5-3-4-8(10)7-9;/h3-5,7H,2,6H2,1H3;1H3. The molecule has 0 aromatic heterocycles. The molecule has 0 aliphatic heterocycles. The van der Waals surface area contributed by atoms with E-state index in [2.05, 4.69) is 0 Å². The van der Waals surface area contributed by atoms with Gasteiger partial charge in [-0.2, -0.15) is 0 Å². The van der Waals surface area contributed by atoms with Crippen LogP contribution in [0.5, 0.6) is 5.75 Å². The average molecular weight is 171 g/mol. The Morgan fingerprint density at radius 2 is 2.17 bits per heavy atom. The lowest BCUT2D eigenvalue weighted by atomic mass is 10.3. The molecule has 12 heavy (non-hydrogen) atoms. The zero-order valence-electron chi connectivity index (χ0n) is 7.22. The highest BCUT2D eigenvalue weighted by molar-refractivity contribution is 5.22. The third-order valence-electron chi connectivity index (χ3n) is 1.27. The highest BCUT2D eigenvalue weighted by Gasteiger charge is 1.93. The van der Waals surface area contributed by atoms with Gasteiger partial charge in [-0.1, -0.05) is 13.0 Å². The van der Waals surface area contributed by atoms with Gasteiger partial charge in [-0.25, -0.2) is 4.39 Å². The van der Waals surface area contributed by atoms with Crippen LogP contribution < -0.4 is 10.9 Å². The van der Waals surface area contributed by atoms with Crippen LogP contribution in [-0.4, -0.2) is 6.61 Å². The van der Waals surface area contributed by atoms with Gasteiger partial charge < -0.3 is 10.9 Å². The highest BCUT2D eigenvalue weighted by Crippen LogP contribution is 2.11. The lowest BCUT2D eigenvalue weighted by Crippen LogP contribution is -1.94. The molecule has 0 amide bonds. The first-order chi connectivity index (χ1) is 5.33. The van der Waals surface area contributed by atoms with Gasteiger partial charge in [-0.15, -0.1) is 0 Å². The molecule has 0 aliphatic rings. The Hall–Kier alpha value is -1.09. The largest absolute Gasteiger partial charge is 0.494 e. The quantitative estimate of drug-likeness (QED) is 0.759. The van der Waals surface area contributed by atoms with Gasteiger partial charge in [0, 0.05) is 6.07 Å². The number of benzene rings is 1. The number of ether oxygens (including phenoxy) is 1. The van der Waals surface area contributed by atoms with Gasteiger partial charge in [0.05, 0.1) is 6.61 Å². The molecule has 0 saturated heterocycles. The Kier molecular flexibility index (Phi) is 5.04. The van der Waals surface area contributed by atoms with Crippen molar-refractivity contribution in [3.8, 4) is 5.75 Å². The molecule has 68 valence electrons. The topological polar surface area (TPSA) is 44.2 Å². The summed E-state index contributed by atoms with van der Waals surface area (Å²) >= 11 is 0. The summed E-state index contributed by atoms with van der Waals surface area (Å²) in [7, 11) is 0. The maximum atomic E-state index is 12.5. The fourth-order valence-electron chi connectivity index (χ4n) is 0.777. The van der Waals surface area contributed by atoms with Crippen LogP contribution in [-0.2, 0) is 0 Å². The summed E-state index contributed by atoms with van der Waals surface area (Å²) in [6.07, 6.45) is 0.941. The van der Waals surface area contributed by atoms with Gasteiger partial charge in [0.25, 0.3) is 0 Å². The predicted octanol–water partition coefficient (Wildman–Crippen LogP) is 2.78. The second-order valence-corrected chi connectivity index (χ2v) is 2.31. The molecule has 0 atom stereocenters. The van der Waals surface area contributed by atoms with Crippen molar-refractivity contribution in [3.63, 3.8) is 0 Å². The normalized spacial score (nSPS) is 8.83. The SMILES string of the molecule is CCCOc1cccc(F)c1.N. The molecule has 0 spiro atoms. The summed E-state index contributed by atoms with van der Waals surface area (Å²) in [4.78, 5) is 0. The molecule has 0 radical (unpaired) electrons. The van der Waals surface area contributed by atoms with Crippen LogP contribution in [0, 0.1) is 5.82 Å². The molecular formula is C9H14FNO. The fourth-order valence-corrected chi connectivity index (χ4v) is 0.777. The molecule has 0 aliphatic carbocycles. The van der Waals surface area contributed by atoms with E-state index < -0.39 is 0 Å². The third-order valence-corrected chi connectivity index (χ3v) is 1.27. The molecule has 3 heteroatoms. The Balaban J connectivity index is 0.00000121. The first-order valence-corrected chi connectivity index (χ1v) is 3.71. The van der Waals surface area contributed by atoms with Gasteiger partial charge in [-0.05, 0) is 18.6 Å².